The Hall–Kier alpha value is -1.42. The minimum Gasteiger partial charge on any atom is -0.504 e. The molecule has 1 fully saturated rings. The summed E-state index contributed by atoms with van der Waals surface area (Å²) in [6.07, 6.45) is 0. The van der Waals surface area contributed by atoms with E-state index in [1.165, 1.54) is 18.2 Å². The molecule has 1 heterocycles. The number of phenols is 2. The van der Waals surface area contributed by atoms with Crippen LogP contribution in [0.1, 0.15) is 0 Å². The molecule has 66 valence electrons. The lowest BCUT2D eigenvalue weighted by Gasteiger charge is -1.95. The van der Waals surface area contributed by atoms with E-state index < -0.39 is 0 Å². The molecule has 0 radical (unpaired) electrons. The van der Waals surface area contributed by atoms with Crippen LogP contribution in [-0.2, 0) is 4.74 Å². The van der Waals surface area contributed by atoms with Crippen LogP contribution in [0.4, 0.5) is 5.69 Å². The second-order valence-electron chi connectivity index (χ2n) is 2.36. The molecule has 1 aromatic rings. The molecule has 0 amide bonds. The van der Waals surface area contributed by atoms with E-state index in [4.69, 9.17) is 15.9 Å². The molecule has 0 aliphatic carbocycles. The summed E-state index contributed by atoms with van der Waals surface area (Å²) in [5, 5.41) is 17.5. The molecule has 0 saturated carbocycles. The first kappa shape index (κ1) is 8.67. The first-order valence-electron chi connectivity index (χ1n) is 3.55. The van der Waals surface area contributed by atoms with Gasteiger partial charge in [0, 0.05) is 11.8 Å². The van der Waals surface area contributed by atoms with Crippen LogP contribution in [0.15, 0.2) is 18.2 Å². The molecule has 0 spiro atoms. The second kappa shape index (κ2) is 3.82. The Morgan fingerprint density at radius 3 is 2.08 bits per heavy atom. The van der Waals surface area contributed by atoms with Crippen LogP contribution in [-0.4, -0.2) is 23.4 Å². The maximum absolute atomic E-state index is 8.77. The predicted octanol–water partition coefficient (Wildman–Crippen LogP) is 0.697. The molecule has 1 aliphatic heterocycles. The summed E-state index contributed by atoms with van der Waals surface area (Å²) in [6, 6.07) is 4.13. The number of nitrogens with two attached hydrogens (primary N) is 1. The molecule has 1 aliphatic rings. The summed E-state index contributed by atoms with van der Waals surface area (Å²) >= 11 is 0. The van der Waals surface area contributed by atoms with Crippen molar-refractivity contribution >= 4 is 5.69 Å². The molecule has 0 unspecified atom stereocenters. The molecule has 0 aromatic heterocycles. The highest BCUT2D eigenvalue weighted by Gasteiger charge is 1.95. The zero-order valence-corrected chi connectivity index (χ0v) is 6.53. The first-order valence-corrected chi connectivity index (χ1v) is 3.55. The Bertz CT molecular complexity index is 258. The molecule has 4 N–H and O–H groups in total. The van der Waals surface area contributed by atoms with Crippen molar-refractivity contribution in [2.45, 2.75) is 0 Å². The Morgan fingerprint density at radius 1 is 1.17 bits per heavy atom. The number of rotatable bonds is 0. The smallest absolute Gasteiger partial charge is 0.159 e. The van der Waals surface area contributed by atoms with Gasteiger partial charge in [0.25, 0.3) is 0 Å². The van der Waals surface area contributed by atoms with E-state index in [-0.39, 0.29) is 11.5 Å². The predicted molar refractivity (Wildman–Crippen MR) is 45.0 cm³/mol. The fraction of sp³-hybridized carbons (Fsp3) is 0.250. The number of ether oxygens (including phenoxy) is 1. The number of nitrogen functional groups attached to an aromatic ring is 1. The standard InChI is InChI=1S/C6H7NO2.C2H4O/c7-4-1-2-5(8)6(9)3-4;1-2-3-1/h1-3,8-9H,7H2;1-2H2. The first-order chi connectivity index (χ1) is 5.70. The maximum Gasteiger partial charge on any atom is 0.159 e. The molecular formula is C8H11NO3. The van der Waals surface area contributed by atoms with Crippen molar-refractivity contribution in [3.63, 3.8) is 0 Å². The third-order valence-electron chi connectivity index (χ3n) is 1.20. The third-order valence-corrected chi connectivity index (χ3v) is 1.20. The zero-order valence-electron chi connectivity index (χ0n) is 6.53. The zero-order chi connectivity index (χ0) is 8.97. The van der Waals surface area contributed by atoms with Crippen molar-refractivity contribution in [3.05, 3.63) is 18.2 Å². The Kier molecular flexibility index (Phi) is 2.76. The Balaban J connectivity index is 0.000000200. The topological polar surface area (TPSA) is 79.0 Å². The van der Waals surface area contributed by atoms with Crippen molar-refractivity contribution in [2.24, 2.45) is 0 Å². The van der Waals surface area contributed by atoms with E-state index in [2.05, 4.69) is 4.74 Å². The third kappa shape index (κ3) is 3.12. The van der Waals surface area contributed by atoms with Gasteiger partial charge in [0.05, 0.1) is 13.2 Å². The second-order valence-corrected chi connectivity index (χ2v) is 2.36. The van der Waals surface area contributed by atoms with E-state index in [1.807, 2.05) is 0 Å². The highest BCUT2D eigenvalue weighted by atomic mass is 16.6. The normalized spacial score (nSPS) is 13.0. The van der Waals surface area contributed by atoms with Gasteiger partial charge in [-0.1, -0.05) is 0 Å². The number of hydrogen-bond donors (Lipinski definition) is 3. The van der Waals surface area contributed by atoms with Crippen LogP contribution in [0.5, 0.6) is 11.5 Å². The number of benzene rings is 1. The van der Waals surface area contributed by atoms with Crippen molar-refractivity contribution < 1.29 is 14.9 Å². The van der Waals surface area contributed by atoms with Gasteiger partial charge in [0.15, 0.2) is 11.5 Å². The number of epoxide rings is 1. The molecular weight excluding hydrogens is 158 g/mol. The van der Waals surface area contributed by atoms with E-state index in [9.17, 15) is 0 Å². The lowest BCUT2D eigenvalue weighted by atomic mass is 10.3. The van der Waals surface area contributed by atoms with Crippen LogP contribution in [0.2, 0.25) is 0 Å². The van der Waals surface area contributed by atoms with Gasteiger partial charge in [-0.05, 0) is 12.1 Å². The van der Waals surface area contributed by atoms with Crippen LogP contribution >= 0.6 is 0 Å². The van der Waals surface area contributed by atoms with Gasteiger partial charge in [0.2, 0.25) is 0 Å². The summed E-state index contributed by atoms with van der Waals surface area (Å²) in [5.74, 6) is -0.334. The molecule has 1 aromatic carbocycles. The molecule has 4 heteroatoms. The van der Waals surface area contributed by atoms with Crippen LogP contribution < -0.4 is 5.73 Å². The van der Waals surface area contributed by atoms with Crippen molar-refractivity contribution in [3.8, 4) is 11.5 Å². The molecule has 1 saturated heterocycles. The summed E-state index contributed by atoms with van der Waals surface area (Å²) in [6.45, 7) is 2.00. The van der Waals surface area contributed by atoms with Gasteiger partial charge >= 0.3 is 0 Å². The van der Waals surface area contributed by atoms with Crippen molar-refractivity contribution in [1.82, 2.24) is 0 Å². The highest BCUT2D eigenvalue weighted by molar-refractivity contribution is 5.50. The van der Waals surface area contributed by atoms with E-state index in [0.717, 1.165) is 13.2 Å². The number of hydrogen-bond acceptors (Lipinski definition) is 4. The molecule has 0 bridgehead atoms. The Labute approximate surface area is 70.2 Å². The maximum atomic E-state index is 8.77. The summed E-state index contributed by atoms with van der Waals surface area (Å²) in [5.41, 5.74) is 5.69. The summed E-state index contributed by atoms with van der Waals surface area (Å²) < 4.78 is 4.50. The van der Waals surface area contributed by atoms with Gasteiger partial charge in [-0.15, -0.1) is 0 Å². The van der Waals surface area contributed by atoms with Gasteiger partial charge in [0.1, 0.15) is 0 Å². The lowest BCUT2D eigenvalue weighted by Crippen LogP contribution is -1.81. The SMILES string of the molecule is C1CO1.Nc1ccc(O)c(O)c1. The van der Waals surface area contributed by atoms with Crippen LogP contribution in [0.25, 0.3) is 0 Å². The molecule has 4 nitrogen and oxygen atoms in total. The van der Waals surface area contributed by atoms with Gasteiger partial charge in [-0.25, -0.2) is 0 Å². The van der Waals surface area contributed by atoms with Crippen LogP contribution in [0.3, 0.4) is 0 Å². The van der Waals surface area contributed by atoms with Crippen molar-refractivity contribution in [2.75, 3.05) is 18.9 Å². The van der Waals surface area contributed by atoms with Gasteiger partial charge in [-0.3, -0.25) is 0 Å². The number of phenolic OH excluding ortho intramolecular Hbond substituents is 2. The van der Waals surface area contributed by atoms with E-state index >= 15 is 0 Å². The van der Waals surface area contributed by atoms with E-state index in [0.29, 0.717) is 5.69 Å². The summed E-state index contributed by atoms with van der Waals surface area (Å²) in [4.78, 5) is 0. The number of anilines is 1. The average molecular weight is 169 g/mol. The average Bonchev–Trinajstić information content (AvgIpc) is 2.83. The van der Waals surface area contributed by atoms with Crippen LogP contribution in [0, 0.1) is 0 Å². The monoisotopic (exact) mass is 169 g/mol. The van der Waals surface area contributed by atoms with Gasteiger partial charge in [-0.2, -0.15) is 0 Å². The number of aromatic hydroxyl groups is 2. The minimum atomic E-state index is -0.185. The molecule has 2 rings (SSSR count). The van der Waals surface area contributed by atoms with Gasteiger partial charge < -0.3 is 20.7 Å². The quantitative estimate of drug-likeness (QED) is 0.231. The Morgan fingerprint density at radius 2 is 1.75 bits per heavy atom. The highest BCUT2D eigenvalue weighted by Crippen LogP contribution is 2.25. The molecule has 12 heavy (non-hydrogen) atoms. The summed E-state index contributed by atoms with van der Waals surface area (Å²) in [7, 11) is 0. The van der Waals surface area contributed by atoms with Crippen molar-refractivity contribution in [1.29, 1.82) is 0 Å². The fourth-order valence-corrected chi connectivity index (χ4v) is 0.540. The fourth-order valence-electron chi connectivity index (χ4n) is 0.540. The largest absolute Gasteiger partial charge is 0.504 e. The lowest BCUT2D eigenvalue weighted by molar-refractivity contribution is 0.404. The van der Waals surface area contributed by atoms with E-state index in [1.54, 1.807) is 0 Å². The minimum absolute atomic E-state index is 0.149. The molecule has 0 atom stereocenters.